The van der Waals surface area contributed by atoms with Gasteiger partial charge in [-0.1, -0.05) is 12.1 Å². The maximum atomic E-state index is 10.9. The minimum atomic E-state index is 0.146. The lowest BCUT2D eigenvalue weighted by Crippen LogP contribution is -2.04. The van der Waals surface area contributed by atoms with Crippen LogP contribution in [-0.2, 0) is 13.0 Å². The van der Waals surface area contributed by atoms with E-state index in [1.807, 2.05) is 24.3 Å². The van der Waals surface area contributed by atoms with E-state index in [2.05, 4.69) is 33.7 Å². The van der Waals surface area contributed by atoms with Crippen LogP contribution in [0.15, 0.2) is 48.8 Å². The molecule has 0 fully saturated rings. The predicted molar refractivity (Wildman–Crippen MR) is 115 cm³/mol. The van der Waals surface area contributed by atoms with Crippen LogP contribution in [0.5, 0.6) is 11.5 Å². The second-order valence-electron chi connectivity index (χ2n) is 6.89. The SMILES string of the molecule is CCn1cc(-c2cccc(OC)c2)c2c(O)cc(Cc3cnc(N)nc3N)cc21. The van der Waals surface area contributed by atoms with Gasteiger partial charge in [0.25, 0.3) is 0 Å². The first-order chi connectivity index (χ1) is 14.0. The fourth-order valence-corrected chi connectivity index (χ4v) is 3.62. The number of nitrogen functional groups attached to an aromatic ring is 2. The molecule has 7 nitrogen and oxygen atoms in total. The Labute approximate surface area is 168 Å². The van der Waals surface area contributed by atoms with Gasteiger partial charge in [-0.2, -0.15) is 4.98 Å². The highest BCUT2D eigenvalue weighted by molar-refractivity contribution is 6.01. The van der Waals surface area contributed by atoms with Crippen LogP contribution in [0.3, 0.4) is 0 Å². The molecule has 5 N–H and O–H groups in total. The van der Waals surface area contributed by atoms with Crippen molar-refractivity contribution in [2.45, 2.75) is 19.9 Å². The van der Waals surface area contributed by atoms with Gasteiger partial charge in [0, 0.05) is 41.9 Å². The molecule has 7 heteroatoms. The second-order valence-corrected chi connectivity index (χ2v) is 6.89. The number of ether oxygens (including phenoxy) is 1. The summed E-state index contributed by atoms with van der Waals surface area (Å²) in [5, 5.41) is 11.7. The van der Waals surface area contributed by atoms with Crippen molar-refractivity contribution < 1.29 is 9.84 Å². The zero-order valence-corrected chi connectivity index (χ0v) is 16.4. The topological polar surface area (TPSA) is 112 Å². The number of fused-ring (bicyclic) bond motifs is 1. The van der Waals surface area contributed by atoms with E-state index in [0.717, 1.165) is 45.5 Å². The van der Waals surface area contributed by atoms with Crippen LogP contribution in [0.2, 0.25) is 0 Å². The summed E-state index contributed by atoms with van der Waals surface area (Å²) in [5.41, 5.74) is 16.1. The Balaban J connectivity index is 1.83. The van der Waals surface area contributed by atoms with E-state index in [0.29, 0.717) is 12.2 Å². The molecule has 148 valence electrons. The quantitative estimate of drug-likeness (QED) is 0.481. The number of phenolic OH excluding ortho intramolecular Hbond substituents is 1. The molecule has 4 rings (SSSR count). The molecular weight excluding hydrogens is 366 g/mol. The largest absolute Gasteiger partial charge is 0.507 e. The summed E-state index contributed by atoms with van der Waals surface area (Å²) in [5.74, 6) is 1.49. The number of rotatable bonds is 5. The van der Waals surface area contributed by atoms with Gasteiger partial charge in [0.2, 0.25) is 5.95 Å². The smallest absolute Gasteiger partial charge is 0.221 e. The van der Waals surface area contributed by atoms with Crippen molar-refractivity contribution >= 4 is 22.7 Å². The van der Waals surface area contributed by atoms with Crippen molar-refractivity contribution in [3.8, 4) is 22.6 Å². The summed E-state index contributed by atoms with van der Waals surface area (Å²) in [6.45, 7) is 2.85. The van der Waals surface area contributed by atoms with Crippen LogP contribution in [0.25, 0.3) is 22.0 Å². The number of nitrogens with two attached hydrogens (primary N) is 2. The van der Waals surface area contributed by atoms with Gasteiger partial charge >= 0.3 is 0 Å². The van der Waals surface area contributed by atoms with E-state index in [4.69, 9.17) is 16.2 Å². The van der Waals surface area contributed by atoms with Gasteiger partial charge in [0.15, 0.2) is 0 Å². The number of aromatic hydroxyl groups is 1. The van der Waals surface area contributed by atoms with Crippen LogP contribution in [0, 0.1) is 0 Å². The van der Waals surface area contributed by atoms with E-state index in [1.165, 1.54) is 0 Å². The van der Waals surface area contributed by atoms with Gasteiger partial charge in [-0.05, 0) is 42.3 Å². The van der Waals surface area contributed by atoms with Crippen LogP contribution in [0.4, 0.5) is 11.8 Å². The number of hydrogen-bond donors (Lipinski definition) is 3. The molecule has 29 heavy (non-hydrogen) atoms. The Hall–Kier alpha value is -3.74. The first-order valence-corrected chi connectivity index (χ1v) is 9.36. The molecule has 0 saturated heterocycles. The fraction of sp³-hybridized carbons (Fsp3) is 0.182. The number of benzene rings is 2. The van der Waals surface area contributed by atoms with Gasteiger partial charge in [0.05, 0.1) is 12.6 Å². The summed E-state index contributed by atoms with van der Waals surface area (Å²) in [4.78, 5) is 8.03. The molecule has 0 aliphatic rings. The van der Waals surface area contributed by atoms with Crippen molar-refractivity contribution in [1.82, 2.24) is 14.5 Å². The number of aromatic nitrogens is 3. The Morgan fingerprint density at radius 1 is 1.17 bits per heavy atom. The Bertz CT molecular complexity index is 1200. The third-order valence-corrected chi connectivity index (χ3v) is 5.05. The number of nitrogens with zero attached hydrogens (tertiary/aromatic N) is 3. The maximum Gasteiger partial charge on any atom is 0.221 e. The zero-order valence-electron chi connectivity index (χ0n) is 16.4. The Morgan fingerprint density at radius 3 is 2.72 bits per heavy atom. The first-order valence-electron chi connectivity index (χ1n) is 9.36. The zero-order chi connectivity index (χ0) is 20.5. The molecule has 0 aliphatic carbocycles. The minimum absolute atomic E-state index is 0.146. The minimum Gasteiger partial charge on any atom is -0.507 e. The normalized spacial score (nSPS) is 11.1. The highest BCUT2D eigenvalue weighted by Crippen LogP contribution is 2.39. The van der Waals surface area contributed by atoms with E-state index in [1.54, 1.807) is 19.4 Å². The molecule has 0 bridgehead atoms. The molecule has 0 saturated carbocycles. The summed E-state index contributed by atoms with van der Waals surface area (Å²) >= 11 is 0. The van der Waals surface area contributed by atoms with Crippen LogP contribution < -0.4 is 16.2 Å². The van der Waals surface area contributed by atoms with Crippen LogP contribution in [-0.4, -0.2) is 26.8 Å². The molecule has 0 amide bonds. The lowest BCUT2D eigenvalue weighted by molar-refractivity contribution is 0.415. The van der Waals surface area contributed by atoms with Gasteiger partial charge in [-0.3, -0.25) is 0 Å². The van der Waals surface area contributed by atoms with E-state index < -0.39 is 0 Å². The first kappa shape index (κ1) is 18.6. The number of phenols is 1. The Kier molecular flexibility index (Phi) is 4.72. The van der Waals surface area contributed by atoms with Crippen molar-refractivity contribution in [2.75, 3.05) is 18.6 Å². The maximum absolute atomic E-state index is 10.9. The van der Waals surface area contributed by atoms with Gasteiger partial charge in [-0.15, -0.1) is 0 Å². The Morgan fingerprint density at radius 2 is 2.00 bits per heavy atom. The average molecular weight is 389 g/mol. The van der Waals surface area contributed by atoms with Gasteiger partial charge < -0.3 is 25.9 Å². The van der Waals surface area contributed by atoms with Crippen LogP contribution >= 0.6 is 0 Å². The number of hydrogen-bond acceptors (Lipinski definition) is 6. The average Bonchev–Trinajstić information content (AvgIpc) is 3.09. The van der Waals surface area contributed by atoms with E-state index >= 15 is 0 Å². The van der Waals surface area contributed by atoms with Crippen molar-refractivity contribution in [1.29, 1.82) is 0 Å². The highest BCUT2D eigenvalue weighted by Gasteiger charge is 2.16. The summed E-state index contributed by atoms with van der Waals surface area (Å²) in [6, 6.07) is 11.7. The lowest BCUT2D eigenvalue weighted by atomic mass is 10.00. The van der Waals surface area contributed by atoms with Crippen molar-refractivity contribution in [2.24, 2.45) is 0 Å². The summed E-state index contributed by atoms with van der Waals surface area (Å²) in [6.07, 6.45) is 4.18. The second kappa shape index (κ2) is 7.35. The molecule has 0 atom stereocenters. The molecule has 0 unspecified atom stereocenters. The van der Waals surface area contributed by atoms with Crippen molar-refractivity contribution in [3.05, 3.63) is 59.9 Å². The number of aryl methyl sites for hydroxylation is 1. The van der Waals surface area contributed by atoms with E-state index in [-0.39, 0.29) is 11.7 Å². The molecule has 2 aromatic carbocycles. The monoisotopic (exact) mass is 389 g/mol. The predicted octanol–water partition coefficient (Wildman–Crippen LogP) is 3.59. The summed E-state index contributed by atoms with van der Waals surface area (Å²) in [7, 11) is 1.64. The molecule has 0 aliphatic heterocycles. The molecular formula is C22H23N5O2. The standard InChI is InChI=1S/C22H23N5O2/c1-3-27-12-17(14-5-4-6-16(10-14)29-2)20-18(27)8-13(9-19(20)28)7-15-11-25-22(24)26-21(15)23/h4-6,8-12,28H,3,7H2,1-2H3,(H4,23,24,25,26). The van der Waals surface area contributed by atoms with Gasteiger partial charge in [0.1, 0.15) is 17.3 Å². The highest BCUT2D eigenvalue weighted by atomic mass is 16.5. The number of methoxy groups -OCH3 is 1. The molecule has 4 aromatic rings. The summed E-state index contributed by atoms with van der Waals surface area (Å²) < 4.78 is 7.48. The van der Waals surface area contributed by atoms with Gasteiger partial charge in [-0.25, -0.2) is 4.98 Å². The molecule has 2 heterocycles. The molecule has 2 aromatic heterocycles. The lowest BCUT2D eigenvalue weighted by Gasteiger charge is -2.09. The number of anilines is 2. The fourth-order valence-electron chi connectivity index (χ4n) is 3.62. The molecule has 0 spiro atoms. The van der Waals surface area contributed by atoms with Crippen molar-refractivity contribution in [3.63, 3.8) is 0 Å². The van der Waals surface area contributed by atoms with E-state index in [9.17, 15) is 5.11 Å². The third-order valence-electron chi connectivity index (χ3n) is 5.05. The molecule has 0 radical (unpaired) electrons. The third kappa shape index (κ3) is 3.42. The van der Waals surface area contributed by atoms with Crippen LogP contribution in [0.1, 0.15) is 18.1 Å².